The maximum absolute atomic E-state index is 11.9. The number of carbonyl (C=O) groups is 1. The van der Waals surface area contributed by atoms with E-state index in [-0.39, 0.29) is 5.91 Å². The molecule has 0 heterocycles. The van der Waals surface area contributed by atoms with Crippen LogP contribution in [0.1, 0.15) is 32.1 Å². The van der Waals surface area contributed by atoms with E-state index in [9.17, 15) is 10.1 Å². The van der Waals surface area contributed by atoms with E-state index in [1.807, 2.05) is 19.0 Å². The summed E-state index contributed by atoms with van der Waals surface area (Å²) in [7, 11) is 3.80. The first-order valence-corrected chi connectivity index (χ1v) is 6.67. The Hall–Kier alpha value is -1.12. The number of amides is 1. The minimum absolute atomic E-state index is 0.0444. The first-order chi connectivity index (χ1) is 8.62. The predicted molar refractivity (Wildman–Crippen MR) is 71.0 cm³/mol. The lowest BCUT2D eigenvalue weighted by Crippen LogP contribution is -2.51. The van der Waals surface area contributed by atoms with Gasteiger partial charge in [-0.2, -0.15) is 5.26 Å². The Morgan fingerprint density at radius 3 is 2.61 bits per heavy atom. The molecule has 18 heavy (non-hydrogen) atoms. The molecule has 1 rings (SSSR count). The molecule has 1 saturated carbocycles. The molecule has 2 N–H and O–H groups in total. The van der Waals surface area contributed by atoms with Crippen molar-refractivity contribution in [2.75, 3.05) is 33.7 Å². The first-order valence-electron chi connectivity index (χ1n) is 6.67. The molecule has 0 aliphatic heterocycles. The van der Waals surface area contributed by atoms with Gasteiger partial charge in [0.25, 0.3) is 0 Å². The lowest BCUT2D eigenvalue weighted by Gasteiger charge is -2.32. The van der Waals surface area contributed by atoms with Crippen molar-refractivity contribution in [3.63, 3.8) is 0 Å². The number of nitrogens with one attached hydrogen (secondary N) is 2. The summed E-state index contributed by atoms with van der Waals surface area (Å²) in [6, 6.07) is 2.30. The van der Waals surface area contributed by atoms with Crippen LogP contribution in [0.2, 0.25) is 0 Å². The molecule has 0 spiro atoms. The maximum atomic E-state index is 11.9. The second-order valence-electron chi connectivity index (χ2n) is 5.14. The van der Waals surface area contributed by atoms with Crippen LogP contribution in [0.3, 0.4) is 0 Å². The van der Waals surface area contributed by atoms with Gasteiger partial charge in [-0.05, 0) is 26.9 Å². The molecule has 102 valence electrons. The van der Waals surface area contributed by atoms with Gasteiger partial charge in [0.05, 0.1) is 12.6 Å². The number of nitrogens with zero attached hydrogens (tertiary/aromatic N) is 2. The zero-order valence-electron chi connectivity index (χ0n) is 11.5. The third-order valence-electron chi connectivity index (χ3n) is 3.46. The van der Waals surface area contributed by atoms with Crippen LogP contribution in [0.25, 0.3) is 0 Å². The molecule has 1 fully saturated rings. The first kappa shape index (κ1) is 14.9. The van der Waals surface area contributed by atoms with E-state index in [2.05, 4.69) is 16.7 Å². The second kappa shape index (κ2) is 7.34. The van der Waals surface area contributed by atoms with Crippen LogP contribution in [0, 0.1) is 11.3 Å². The Kier molecular flexibility index (Phi) is 6.10. The fourth-order valence-corrected chi connectivity index (χ4v) is 2.35. The lowest BCUT2D eigenvalue weighted by atomic mass is 9.83. The summed E-state index contributed by atoms with van der Waals surface area (Å²) in [6.45, 7) is 2.03. The summed E-state index contributed by atoms with van der Waals surface area (Å²) in [6.07, 6.45) is 4.80. The van der Waals surface area contributed by atoms with Crippen LogP contribution >= 0.6 is 0 Å². The van der Waals surface area contributed by atoms with Gasteiger partial charge in [-0.15, -0.1) is 0 Å². The van der Waals surface area contributed by atoms with Gasteiger partial charge in [-0.3, -0.25) is 9.69 Å². The van der Waals surface area contributed by atoms with E-state index in [1.165, 1.54) is 6.42 Å². The molecule has 0 atom stereocenters. The number of carbonyl (C=O) groups excluding carboxylic acids is 1. The molecular weight excluding hydrogens is 228 g/mol. The molecule has 1 aliphatic rings. The molecule has 0 aromatic carbocycles. The monoisotopic (exact) mass is 252 g/mol. The highest BCUT2D eigenvalue weighted by Gasteiger charge is 2.33. The van der Waals surface area contributed by atoms with Gasteiger partial charge >= 0.3 is 0 Å². The van der Waals surface area contributed by atoms with Gasteiger partial charge < -0.3 is 10.6 Å². The Bertz CT molecular complexity index is 305. The number of likely N-dealkylation sites (N-methyl/N-ethyl adjacent to an activating group) is 2. The molecule has 0 bridgehead atoms. The van der Waals surface area contributed by atoms with Gasteiger partial charge in [-0.25, -0.2) is 0 Å². The Morgan fingerprint density at radius 2 is 2.06 bits per heavy atom. The molecule has 5 nitrogen and oxygen atoms in total. The molecule has 1 amide bonds. The van der Waals surface area contributed by atoms with Crippen molar-refractivity contribution in [3.8, 4) is 6.07 Å². The maximum Gasteiger partial charge on any atom is 0.235 e. The van der Waals surface area contributed by atoms with Crippen LogP contribution in [-0.2, 0) is 4.79 Å². The summed E-state index contributed by atoms with van der Waals surface area (Å²) in [5, 5.41) is 15.3. The highest BCUT2D eigenvalue weighted by atomic mass is 16.2. The fourth-order valence-electron chi connectivity index (χ4n) is 2.35. The normalized spacial score (nSPS) is 18.3. The van der Waals surface area contributed by atoms with E-state index in [4.69, 9.17) is 0 Å². The Balaban J connectivity index is 2.40. The molecule has 0 aromatic heterocycles. The average molecular weight is 252 g/mol. The molecule has 0 saturated heterocycles. The van der Waals surface area contributed by atoms with Crippen molar-refractivity contribution < 1.29 is 4.79 Å². The van der Waals surface area contributed by atoms with Crippen molar-refractivity contribution in [1.82, 2.24) is 15.5 Å². The van der Waals surface area contributed by atoms with E-state index < -0.39 is 5.54 Å². The fraction of sp³-hybridized carbons (Fsp3) is 0.846. The third kappa shape index (κ3) is 4.63. The molecule has 0 radical (unpaired) electrons. The largest absolute Gasteiger partial charge is 0.337 e. The smallest absolute Gasteiger partial charge is 0.235 e. The summed E-state index contributed by atoms with van der Waals surface area (Å²) < 4.78 is 0. The zero-order valence-corrected chi connectivity index (χ0v) is 11.5. The number of rotatable bonds is 6. The summed E-state index contributed by atoms with van der Waals surface area (Å²) in [5.41, 5.74) is -0.612. The van der Waals surface area contributed by atoms with Crippen molar-refractivity contribution in [2.24, 2.45) is 0 Å². The van der Waals surface area contributed by atoms with Crippen molar-refractivity contribution in [2.45, 2.75) is 37.6 Å². The van der Waals surface area contributed by atoms with Crippen LogP contribution in [0.4, 0.5) is 0 Å². The van der Waals surface area contributed by atoms with Crippen molar-refractivity contribution in [1.29, 1.82) is 5.26 Å². The number of nitriles is 1. The third-order valence-corrected chi connectivity index (χ3v) is 3.46. The Labute approximate surface area is 110 Å². The lowest BCUT2D eigenvalue weighted by molar-refractivity contribution is -0.123. The summed E-state index contributed by atoms with van der Waals surface area (Å²) in [5.74, 6) is -0.0444. The second-order valence-corrected chi connectivity index (χ2v) is 5.14. The number of hydrogen-bond acceptors (Lipinski definition) is 4. The van der Waals surface area contributed by atoms with Gasteiger partial charge in [0.15, 0.2) is 0 Å². The molecule has 5 heteroatoms. The van der Waals surface area contributed by atoms with Crippen LogP contribution in [0.5, 0.6) is 0 Å². The molecular formula is C13H24N4O. The standard InChI is InChI=1S/C13H24N4O/c1-15-8-9-17(2)10-12(18)16-13(11-14)6-4-3-5-7-13/h15H,3-10H2,1-2H3,(H,16,18). The van der Waals surface area contributed by atoms with E-state index >= 15 is 0 Å². The van der Waals surface area contributed by atoms with E-state index in [0.717, 1.165) is 38.8 Å². The van der Waals surface area contributed by atoms with Gasteiger partial charge in [0, 0.05) is 13.1 Å². The highest BCUT2D eigenvalue weighted by Crippen LogP contribution is 2.27. The van der Waals surface area contributed by atoms with Crippen LogP contribution < -0.4 is 10.6 Å². The minimum atomic E-state index is -0.612. The molecule has 0 unspecified atom stereocenters. The van der Waals surface area contributed by atoms with Gasteiger partial charge in [-0.1, -0.05) is 19.3 Å². The summed E-state index contributed by atoms with van der Waals surface area (Å²) in [4.78, 5) is 13.9. The highest BCUT2D eigenvalue weighted by molar-refractivity contribution is 5.79. The van der Waals surface area contributed by atoms with Gasteiger partial charge in [0.2, 0.25) is 5.91 Å². The van der Waals surface area contributed by atoms with E-state index in [1.54, 1.807) is 0 Å². The minimum Gasteiger partial charge on any atom is -0.337 e. The topological polar surface area (TPSA) is 68.2 Å². The SMILES string of the molecule is CNCCN(C)CC(=O)NC1(C#N)CCCCC1. The quantitative estimate of drug-likeness (QED) is 0.721. The predicted octanol–water partition coefficient (Wildman–Crippen LogP) is 0.480. The zero-order chi connectivity index (χ0) is 13.4. The molecule has 0 aromatic rings. The number of hydrogen-bond donors (Lipinski definition) is 2. The van der Waals surface area contributed by atoms with Crippen molar-refractivity contribution >= 4 is 5.91 Å². The van der Waals surface area contributed by atoms with Crippen LogP contribution in [0.15, 0.2) is 0 Å². The van der Waals surface area contributed by atoms with E-state index in [0.29, 0.717) is 6.54 Å². The Morgan fingerprint density at radius 1 is 1.39 bits per heavy atom. The molecule has 1 aliphatic carbocycles. The van der Waals surface area contributed by atoms with Crippen molar-refractivity contribution in [3.05, 3.63) is 0 Å². The van der Waals surface area contributed by atoms with Gasteiger partial charge in [0.1, 0.15) is 5.54 Å². The average Bonchev–Trinajstić information content (AvgIpc) is 2.37. The summed E-state index contributed by atoms with van der Waals surface area (Å²) >= 11 is 0. The van der Waals surface area contributed by atoms with Crippen LogP contribution in [-0.4, -0.2) is 50.1 Å².